The van der Waals surface area contributed by atoms with Crippen molar-refractivity contribution in [3.63, 3.8) is 0 Å². The number of anilines is 1. The highest BCUT2D eigenvalue weighted by atomic mass is 32.2. The lowest BCUT2D eigenvalue weighted by molar-refractivity contribution is -0.897. The van der Waals surface area contributed by atoms with Gasteiger partial charge < -0.3 is 10.2 Å². The van der Waals surface area contributed by atoms with Gasteiger partial charge in [0.1, 0.15) is 5.03 Å². The Bertz CT molecular complexity index is 937. The molecule has 1 heterocycles. The molecule has 1 amide bonds. The van der Waals surface area contributed by atoms with Crippen LogP contribution in [0.3, 0.4) is 0 Å². The molecule has 7 heteroatoms. The summed E-state index contributed by atoms with van der Waals surface area (Å²) in [5, 5.41) is 3.70. The quantitative estimate of drug-likeness (QED) is 0.473. The van der Waals surface area contributed by atoms with Gasteiger partial charge in [0, 0.05) is 16.9 Å². The number of amides is 1. The second-order valence-electron chi connectivity index (χ2n) is 7.84. The molecule has 0 atom stereocenters. The summed E-state index contributed by atoms with van der Waals surface area (Å²) in [5.74, 6) is 0.177. The summed E-state index contributed by atoms with van der Waals surface area (Å²) in [5.41, 5.74) is 3.99. The molecule has 1 aromatic carbocycles. The SMILES string of the molecule is CC[NH+](CC)CCn1c2c(c(SCC(=O)Nc3ccccc3C)nc1=O)CCCC2. The molecule has 0 fully saturated rings. The van der Waals surface area contributed by atoms with Gasteiger partial charge in [-0.05, 0) is 58.1 Å². The highest BCUT2D eigenvalue weighted by Gasteiger charge is 2.21. The summed E-state index contributed by atoms with van der Waals surface area (Å²) in [6.07, 6.45) is 4.07. The maximum absolute atomic E-state index is 12.8. The van der Waals surface area contributed by atoms with Gasteiger partial charge in [-0.15, -0.1) is 0 Å². The Balaban J connectivity index is 1.74. The molecule has 0 radical (unpaired) electrons. The third kappa shape index (κ3) is 5.52. The monoisotopic (exact) mass is 429 g/mol. The van der Waals surface area contributed by atoms with E-state index in [0.29, 0.717) is 6.54 Å². The number of fused-ring (bicyclic) bond motifs is 1. The Morgan fingerprint density at radius 3 is 2.67 bits per heavy atom. The fourth-order valence-corrected chi connectivity index (χ4v) is 4.88. The summed E-state index contributed by atoms with van der Waals surface area (Å²) in [6, 6.07) is 7.73. The summed E-state index contributed by atoms with van der Waals surface area (Å²) in [6.45, 7) is 10.1. The second-order valence-corrected chi connectivity index (χ2v) is 8.81. The number of benzene rings is 1. The third-order valence-electron chi connectivity index (χ3n) is 5.90. The molecule has 0 saturated carbocycles. The van der Waals surface area contributed by atoms with Crippen molar-refractivity contribution in [2.75, 3.05) is 30.7 Å². The van der Waals surface area contributed by atoms with Crippen LogP contribution in [0.1, 0.15) is 43.5 Å². The third-order valence-corrected chi connectivity index (χ3v) is 6.92. The first kappa shape index (κ1) is 22.6. The normalized spacial score (nSPS) is 13.3. The predicted octanol–water partition coefficient (Wildman–Crippen LogP) is 2.09. The maximum atomic E-state index is 12.8. The summed E-state index contributed by atoms with van der Waals surface area (Å²) >= 11 is 1.38. The van der Waals surface area contributed by atoms with Crippen LogP contribution in [0.4, 0.5) is 5.69 Å². The minimum atomic E-state index is -0.177. The van der Waals surface area contributed by atoms with E-state index in [0.717, 1.165) is 67.3 Å². The van der Waals surface area contributed by atoms with Crippen molar-refractivity contribution in [1.29, 1.82) is 0 Å². The summed E-state index contributed by atoms with van der Waals surface area (Å²) in [7, 11) is 0. The van der Waals surface area contributed by atoms with Crippen LogP contribution in [0.5, 0.6) is 0 Å². The van der Waals surface area contributed by atoms with Crippen molar-refractivity contribution in [3.05, 3.63) is 51.6 Å². The van der Waals surface area contributed by atoms with Crippen molar-refractivity contribution in [2.45, 2.75) is 58.0 Å². The highest BCUT2D eigenvalue weighted by Crippen LogP contribution is 2.28. The van der Waals surface area contributed by atoms with Gasteiger partial charge in [0.2, 0.25) is 5.91 Å². The smallest absolute Gasteiger partial charge is 0.334 e. The molecule has 0 bridgehead atoms. The largest absolute Gasteiger partial charge is 0.349 e. The molecule has 162 valence electrons. The van der Waals surface area contributed by atoms with E-state index in [1.807, 2.05) is 35.8 Å². The lowest BCUT2D eigenvalue weighted by Gasteiger charge is -2.24. The zero-order valence-electron chi connectivity index (χ0n) is 18.3. The highest BCUT2D eigenvalue weighted by molar-refractivity contribution is 8.00. The van der Waals surface area contributed by atoms with E-state index in [2.05, 4.69) is 24.1 Å². The molecule has 1 aromatic heterocycles. The molecule has 3 rings (SSSR count). The van der Waals surface area contributed by atoms with Gasteiger partial charge in [-0.1, -0.05) is 30.0 Å². The van der Waals surface area contributed by atoms with Gasteiger partial charge in [-0.2, -0.15) is 4.98 Å². The van der Waals surface area contributed by atoms with Crippen LogP contribution in [0.2, 0.25) is 0 Å². The first-order valence-electron chi connectivity index (χ1n) is 11.0. The number of hydrogen-bond donors (Lipinski definition) is 2. The fraction of sp³-hybridized carbons (Fsp3) is 0.522. The standard InChI is InChI=1S/C23H32N4O2S/c1-4-26(5-2)14-15-27-20-13-9-7-11-18(20)22(25-23(27)29)30-16-21(28)24-19-12-8-6-10-17(19)3/h6,8,10,12H,4-5,7,9,11,13-16H2,1-3H3,(H,24,28)/p+1. The van der Waals surface area contributed by atoms with Crippen molar-refractivity contribution in [1.82, 2.24) is 9.55 Å². The number of para-hydroxylation sites is 1. The molecular weight excluding hydrogens is 396 g/mol. The molecule has 2 aromatic rings. The minimum absolute atomic E-state index is 0.0741. The van der Waals surface area contributed by atoms with Crippen molar-refractivity contribution in [3.8, 4) is 0 Å². The van der Waals surface area contributed by atoms with E-state index in [-0.39, 0.29) is 17.3 Å². The number of aryl methyl sites for hydroxylation is 1. The van der Waals surface area contributed by atoms with Gasteiger partial charge in [0.25, 0.3) is 0 Å². The zero-order valence-corrected chi connectivity index (χ0v) is 19.1. The second kappa shape index (κ2) is 10.8. The molecule has 30 heavy (non-hydrogen) atoms. The Labute approximate surface area is 183 Å². The van der Waals surface area contributed by atoms with Gasteiger partial charge in [-0.25, -0.2) is 4.79 Å². The van der Waals surface area contributed by atoms with E-state index in [4.69, 9.17) is 0 Å². The topological polar surface area (TPSA) is 68.4 Å². The molecule has 0 saturated heterocycles. The number of hydrogen-bond acceptors (Lipinski definition) is 4. The summed E-state index contributed by atoms with van der Waals surface area (Å²) in [4.78, 5) is 31.1. The number of carbonyl (C=O) groups excluding carboxylic acids is 1. The van der Waals surface area contributed by atoms with Gasteiger partial charge in [0.05, 0.1) is 31.9 Å². The number of nitrogens with one attached hydrogen (secondary N) is 2. The molecule has 0 aliphatic heterocycles. The average Bonchev–Trinajstić information content (AvgIpc) is 2.76. The first-order valence-corrected chi connectivity index (χ1v) is 12.0. The molecule has 0 spiro atoms. The molecule has 6 nitrogen and oxygen atoms in total. The van der Waals surface area contributed by atoms with E-state index >= 15 is 0 Å². The number of rotatable bonds is 9. The number of carbonyl (C=O) groups is 1. The predicted molar refractivity (Wildman–Crippen MR) is 123 cm³/mol. The van der Waals surface area contributed by atoms with Crippen LogP contribution >= 0.6 is 11.8 Å². The van der Waals surface area contributed by atoms with Crippen LogP contribution in [-0.4, -0.2) is 40.8 Å². The van der Waals surface area contributed by atoms with Crippen molar-refractivity contribution < 1.29 is 9.69 Å². The molecular formula is C23H33N4O2S+. The fourth-order valence-electron chi connectivity index (χ4n) is 4.00. The van der Waals surface area contributed by atoms with Gasteiger partial charge >= 0.3 is 5.69 Å². The van der Waals surface area contributed by atoms with E-state index < -0.39 is 0 Å². The van der Waals surface area contributed by atoms with Crippen LogP contribution in [0.25, 0.3) is 0 Å². The van der Waals surface area contributed by atoms with E-state index in [9.17, 15) is 9.59 Å². The van der Waals surface area contributed by atoms with Gasteiger partial charge in [-0.3, -0.25) is 9.36 Å². The molecule has 2 N–H and O–H groups in total. The van der Waals surface area contributed by atoms with Crippen LogP contribution in [0, 0.1) is 6.92 Å². The number of aromatic nitrogens is 2. The van der Waals surface area contributed by atoms with Crippen LogP contribution in [0.15, 0.2) is 34.1 Å². The Hall–Kier alpha value is -2.12. The van der Waals surface area contributed by atoms with Crippen molar-refractivity contribution in [2.24, 2.45) is 0 Å². The number of thioether (sulfide) groups is 1. The number of likely N-dealkylation sites (N-methyl/N-ethyl adjacent to an activating group) is 1. The lowest BCUT2D eigenvalue weighted by Crippen LogP contribution is -3.11. The van der Waals surface area contributed by atoms with E-state index in [1.54, 1.807) is 0 Å². The Kier molecular flexibility index (Phi) is 8.10. The van der Waals surface area contributed by atoms with Crippen molar-refractivity contribution >= 4 is 23.4 Å². The lowest BCUT2D eigenvalue weighted by atomic mass is 9.97. The zero-order chi connectivity index (χ0) is 21.5. The maximum Gasteiger partial charge on any atom is 0.349 e. The number of nitrogens with zero attached hydrogens (tertiary/aromatic N) is 2. The Morgan fingerprint density at radius 1 is 1.20 bits per heavy atom. The van der Waals surface area contributed by atoms with Crippen LogP contribution in [-0.2, 0) is 24.2 Å². The molecule has 1 aliphatic carbocycles. The van der Waals surface area contributed by atoms with Crippen LogP contribution < -0.4 is 15.9 Å². The Morgan fingerprint density at radius 2 is 1.93 bits per heavy atom. The van der Waals surface area contributed by atoms with E-state index in [1.165, 1.54) is 22.2 Å². The van der Waals surface area contributed by atoms with Gasteiger partial charge in [0.15, 0.2) is 0 Å². The average molecular weight is 430 g/mol. The molecule has 0 unspecified atom stereocenters. The molecule has 1 aliphatic rings. The minimum Gasteiger partial charge on any atom is -0.334 e. The first-order chi connectivity index (χ1) is 14.5. The summed E-state index contributed by atoms with van der Waals surface area (Å²) < 4.78 is 1.89. The number of quaternary nitrogens is 1.